The van der Waals surface area contributed by atoms with Crippen LogP contribution in [-0.4, -0.2) is 0 Å². The van der Waals surface area contributed by atoms with Crippen LogP contribution in [0, 0.1) is 0 Å². The summed E-state index contributed by atoms with van der Waals surface area (Å²) in [7, 11) is 0. The van der Waals surface area contributed by atoms with Crippen molar-refractivity contribution in [2.75, 3.05) is 4.90 Å². The predicted octanol–water partition coefficient (Wildman–Crippen LogP) is 16.0. The van der Waals surface area contributed by atoms with Crippen molar-refractivity contribution in [3.8, 4) is 33.4 Å². The van der Waals surface area contributed by atoms with E-state index in [4.69, 9.17) is 0 Å². The molecule has 60 heavy (non-hydrogen) atoms. The highest BCUT2D eigenvalue weighted by atomic mass is 32.2. The van der Waals surface area contributed by atoms with Crippen LogP contribution in [0.3, 0.4) is 0 Å². The first kappa shape index (κ1) is 36.0. The third kappa shape index (κ3) is 6.56. The van der Waals surface area contributed by atoms with Gasteiger partial charge in [-0.15, -0.1) is 0 Å². The number of hydrogen-bond donors (Lipinski definition) is 0. The lowest BCUT2D eigenvalue weighted by atomic mass is 9.76. The van der Waals surface area contributed by atoms with E-state index in [0.29, 0.717) is 0 Å². The fourth-order valence-corrected chi connectivity index (χ4v) is 10.6. The topological polar surface area (TPSA) is 3.24 Å². The van der Waals surface area contributed by atoms with Gasteiger partial charge in [0.15, 0.2) is 0 Å². The molecule has 1 nitrogen and oxygen atoms in total. The fourth-order valence-electron chi connectivity index (χ4n) is 9.27. The number of hydrogen-bond acceptors (Lipinski definition) is 2. The van der Waals surface area contributed by atoms with Gasteiger partial charge in [0.05, 0.1) is 0 Å². The van der Waals surface area contributed by atoms with Gasteiger partial charge in [0.1, 0.15) is 0 Å². The van der Waals surface area contributed by atoms with Gasteiger partial charge in [0.25, 0.3) is 0 Å². The van der Waals surface area contributed by atoms with E-state index < -0.39 is 0 Å². The Labute approximate surface area is 357 Å². The van der Waals surface area contributed by atoms with E-state index in [1.54, 1.807) is 0 Å². The van der Waals surface area contributed by atoms with Crippen LogP contribution in [0.25, 0.3) is 38.3 Å². The molecule has 2 atom stereocenters. The van der Waals surface area contributed by atoms with Gasteiger partial charge in [-0.3, -0.25) is 0 Å². The second kappa shape index (κ2) is 15.6. The number of thioether (sulfide) groups is 1. The maximum absolute atomic E-state index is 2.47. The molecule has 1 aliphatic carbocycles. The molecule has 0 bridgehead atoms. The van der Waals surface area contributed by atoms with Crippen molar-refractivity contribution < 1.29 is 0 Å². The van der Waals surface area contributed by atoms with E-state index in [-0.39, 0.29) is 11.8 Å². The normalized spacial score (nSPS) is 15.2. The molecule has 0 aromatic heterocycles. The molecular formula is C58H41NS. The molecule has 284 valence electrons. The third-order valence-corrected chi connectivity index (χ3v) is 13.4. The molecule has 1 aliphatic heterocycles. The third-order valence-electron chi connectivity index (χ3n) is 12.1. The number of benzene rings is 9. The molecule has 2 aliphatic rings. The van der Waals surface area contributed by atoms with Crippen LogP contribution in [0.2, 0.25) is 0 Å². The van der Waals surface area contributed by atoms with Gasteiger partial charge in [-0.05, 0) is 115 Å². The van der Waals surface area contributed by atoms with Crippen LogP contribution in [0.4, 0.5) is 17.1 Å². The van der Waals surface area contributed by atoms with Gasteiger partial charge in [0.2, 0.25) is 0 Å². The molecule has 9 aromatic carbocycles. The molecule has 1 heterocycles. The van der Waals surface area contributed by atoms with Crippen LogP contribution >= 0.6 is 11.8 Å². The van der Waals surface area contributed by atoms with Crippen molar-refractivity contribution in [3.63, 3.8) is 0 Å². The summed E-state index contributed by atoms with van der Waals surface area (Å²) >= 11 is 1.94. The summed E-state index contributed by atoms with van der Waals surface area (Å²) in [5.74, 6) is 0.322. The highest BCUT2D eigenvalue weighted by Gasteiger charge is 2.41. The fraction of sp³-hybridized carbons (Fsp3) is 0.0345. The van der Waals surface area contributed by atoms with Crippen LogP contribution in [0.5, 0.6) is 0 Å². The molecule has 2 unspecified atom stereocenters. The van der Waals surface area contributed by atoms with Crippen molar-refractivity contribution >= 4 is 33.7 Å². The highest BCUT2D eigenvalue weighted by molar-refractivity contribution is 8.08. The first-order chi connectivity index (χ1) is 29.8. The largest absolute Gasteiger partial charge is 0.311 e. The molecular weight excluding hydrogens is 743 g/mol. The van der Waals surface area contributed by atoms with E-state index in [1.807, 2.05) is 11.8 Å². The Morgan fingerprint density at radius 1 is 0.317 bits per heavy atom. The Morgan fingerprint density at radius 2 is 0.700 bits per heavy atom. The predicted molar refractivity (Wildman–Crippen MR) is 253 cm³/mol. The SMILES string of the molecule is c1ccc(-c2ccc(N(c3ccc(-c4ccccc4)cc3)c3ccc(-c4ccc5c(c4)C(c4ccccc4)C4=C5Sc5ccccc5C4c4ccccc4)cc3)cc2)cc1. The van der Waals surface area contributed by atoms with E-state index in [2.05, 4.69) is 241 Å². The summed E-state index contributed by atoms with van der Waals surface area (Å²) in [5.41, 5.74) is 18.9. The van der Waals surface area contributed by atoms with Gasteiger partial charge in [0, 0.05) is 38.7 Å². The minimum absolute atomic E-state index is 0.148. The Morgan fingerprint density at radius 3 is 1.20 bits per heavy atom. The van der Waals surface area contributed by atoms with Crippen LogP contribution in [-0.2, 0) is 0 Å². The zero-order chi connectivity index (χ0) is 39.8. The smallest absolute Gasteiger partial charge is 0.0462 e. The summed E-state index contributed by atoms with van der Waals surface area (Å²) < 4.78 is 0. The van der Waals surface area contributed by atoms with E-state index >= 15 is 0 Å². The highest BCUT2D eigenvalue weighted by Crippen LogP contribution is 2.61. The second-order valence-corrected chi connectivity index (χ2v) is 16.7. The average molecular weight is 784 g/mol. The van der Waals surface area contributed by atoms with Crippen molar-refractivity contribution in [1.82, 2.24) is 0 Å². The summed E-state index contributed by atoms with van der Waals surface area (Å²) in [6, 6.07) is 86.6. The molecule has 0 saturated heterocycles. The number of nitrogens with zero attached hydrogens (tertiary/aromatic N) is 1. The number of rotatable bonds is 8. The Hall–Kier alpha value is -7.13. The quantitative estimate of drug-likeness (QED) is 0.151. The van der Waals surface area contributed by atoms with Gasteiger partial charge in [-0.25, -0.2) is 0 Å². The lowest BCUT2D eigenvalue weighted by Crippen LogP contribution is -2.14. The van der Waals surface area contributed by atoms with Crippen LogP contribution < -0.4 is 4.90 Å². The number of allylic oxidation sites excluding steroid dienone is 1. The zero-order valence-corrected chi connectivity index (χ0v) is 33.8. The van der Waals surface area contributed by atoms with Crippen molar-refractivity contribution in [2.45, 2.75) is 16.7 Å². The Bertz CT molecular complexity index is 2870. The second-order valence-electron chi connectivity index (χ2n) is 15.6. The Kier molecular flexibility index (Phi) is 9.33. The molecule has 2 heteroatoms. The maximum atomic E-state index is 2.47. The van der Waals surface area contributed by atoms with E-state index in [9.17, 15) is 0 Å². The molecule has 0 radical (unpaired) electrons. The molecule has 0 N–H and O–H groups in total. The summed E-state index contributed by atoms with van der Waals surface area (Å²) in [5, 5.41) is 0. The number of anilines is 3. The van der Waals surface area contributed by atoms with Crippen LogP contribution in [0.1, 0.15) is 39.7 Å². The zero-order valence-electron chi connectivity index (χ0n) is 33.0. The van der Waals surface area contributed by atoms with Gasteiger partial charge in [-0.1, -0.05) is 200 Å². The molecule has 0 fully saturated rings. The molecule has 0 amide bonds. The average Bonchev–Trinajstić information content (AvgIpc) is 3.65. The minimum Gasteiger partial charge on any atom is -0.311 e. The van der Waals surface area contributed by atoms with E-state index in [1.165, 1.54) is 76.6 Å². The van der Waals surface area contributed by atoms with Gasteiger partial charge in [-0.2, -0.15) is 0 Å². The number of fused-ring (bicyclic) bond motifs is 3. The molecule has 0 spiro atoms. The van der Waals surface area contributed by atoms with E-state index in [0.717, 1.165) is 17.1 Å². The molecule has 9 aromatic rings. The first-order valence-corrected chi connectivity index (χ1v) is 21.5. The van der Waals surface area contributed by atoms with Gasteiger partial charge < -0.3 is 4.90 Å². The summed E-state index contributed by atoms with van der Waals surface area (Å²) in [4.78, 5) is 5.11. The van der Waals surface area contributed by atoms with Crippen molar-refractivity contribution in [2.24, 2.45) is 0 Å². The lowest BCUT2D eigenvalue weighted by molar-refractivity contribution is 0.824. The van der Waals surface area contributed by atoms with Crippen molar-refractivity contribution in [1.29, 1.82) is 0 Å². The Balaban J connectivity index is 0.978. The lowest BCUT2D eigenvalue weighted by Gasteiger charge is -2.31. The molecule has 11 rings (SSSR count). The minimum atomic E-state index is 0.148. The monoisotopic (exact) mass is 783 g/mol. The van der Waals surface area contributed by atoms with Crippen molar-refractivity contribution in [3.05, 3.63) is 270 Å². The maximum Gasteiger partial charge on any atom is 0.0462 e. The van der Waals surface area contributed by atoms with Crippen LogP contribution in [0.15, 0.2) is 247 Å². The standard InChI is InChI=1S/C58H41NS/c1-5-15-40(16-6-1)42-25-32-48(33-26-42)59(49-34-27-43(28-35-49)41-17-7-2-8-18-41)50-36-29-44(30-37-50)47-31-38-51-53(39-47)56(46-21-11-4-12-22-46)57-55(45-19-9-3-10-20-45)52-23-13-14-24-54(52)60-58(51)57/h1-39,55-56H. The summed E-state index contributed by atoms with van der Waals surface area (Å²) in [6.07, 6.45) is 0. The van der Waals surface area contributed by atoms with Gasteiger partial charge >= 0.3 is 0 Å². The summed E-state index contributed by atoms with van der Waals surface area (Å²) in [6.45, 7) is 0. The molecule has 0 saturated carbocycles. The first-order valence-electron chi connectivity index (χ1n) is 20.7.